The Morgan fingerprint density at radius 1 is 0.930 bits per heavy atom. The Morgan fingerprint density at radius 2 is 1.63 bits per heavy atom. The van der Waals surface area contributed by atoms with Gasteiger partial charge in [0.2, 0.25) is 5.91 Å². The number of alkyl halides is 2. The molecule has 1 amide bonds. The van der Waals surface area contributed by atoms with E-state index in [1.807, 2.05) is 0 Å². The smallest absolute Gasteiger partial charge is 0.231 e. The van der Waals surface area contributed by atoms with Crippen LogP contribution in [0.4, 0.5) is 14.5 Å². The van der Waals surface area contributed by atoms with Gasteiger partial charge in [-0.3, -0.25) is 14.4 Å². The number of benzene rings is 3. The molecule has 0 aromatic heterocycles. The summed E-state index contributed by atoms with van der Waals surface area (Å²) in [5.41, 5.74) is 0.191. The molecule has 2 aliphatic rings. The van der Waals surface area contributed by atoms with E-state index in [9.17, 15) is 18.8 Å². The third kappa shape index (κ3) is 6.69. The molecule has 5 nitrogen and oxygen atoms in total. The molecule has 3 atom stereocenters. The number of ketones is 2. The highest BCUT2D eigenvalue weighted by Crippen LogP contribution is 2.65. The molecule has 1 unspecified atom stereocenters. The minimum atomic E-state index is -1.46. The Balaban J connectivity index is 1.31. The van der Waals surface area contributed by atoms with E-state index in [4.69, 9.17) is 74.3 Å². The maximum absolute atomic E-state index is 15.3. The number of anilines is 1. The number of hydrogen-bond acceptors (Lipinski definition) is 4. The molecule has 1 heterocycles. The Labute approximate surface area is 275 Å². The first-order valence-corrected chi connectivity index (χ1v) is 15.3. The number of amides is 1. The second kappa shape index (κ2) is 12.8. The predicted molar refractivity (Wildman–Crippen MR) is 164 cm³/mol. The molecular weight excluding hydrogens is 689 g/mol. The van der Waals surface area contributed by atoms with Crippen LogP contribution >= 0.6 is 69.6 Å². The van der Waals surface area contributed by atoms with Crippen molar-refractivity contribution in [1.82, 2.24) is 0 Å². The maximum Gasteiger partial charge on any atom is 0.231 e. The molecule has 1 saturated carbocycles. The van der Waals surface area contributed by atoms with Crippen LogP contribution in [0, 0.1) is 17.6 Å². The number of ether oxygens (including phenoxy) is 1. The quantitative estimate of drug-likeness (QED) is 0.137. The first-order chi connectivity index (χ1) is 20.3. The van der Waals surface area contributed by atoms with Crippen LogP contribution in [-0.4, -0.2) is 34.5 Å². The van der Waals surface area contributed by atoms with Crippen LogP contribution in [0.2, 0.25) is 20.1 Å². The molecule has 0 bridgehead atoms. The van der Waals surface area contributed by atoms with E-state index in [0.29, 0.717) is 25.0 Å². The molecule has 13 heteroatoms. The van der Waals surface area contributed by atoms with Gasteiger partial charge in [0.15, 0.2) is 11.6 Å². The summed E-state index contributed by atoms with van der Waals surface area (Å²) >= 11 is 37.4. The van der Waals surface area contributed by atoms with Crippen molar-refractivity contribution in [2.24, 2.45) is 5.92 Å². The highest BCUT2D eigenvalue weighted by Gasteiger charge is 2.67. The lowest BCUT2D eigenvalue weighted by molar-refractivity contribution is -0.127. The molecule has 43 heavy (non-hydrogen) atoms. The maximum atomic E-state index is 15.3. The molecule has 2 fully saturated rings. The van der Waals surface area contributed by atoms with Crippen molar-refractivity contribution in [3.63, 3.8) is 0 Å². The number of nitrogens with one attached hydrogen (secondary N) is 1. The van der Waals surface area contributed by atoms with Gasteiger partial charge in [0.1, 0.15) is 22.1 Å². The summed E-state index contributed by atoms with van der Waals surface area (Å²) < 4.78 is 33.6. The number of hydrogen-bond donors (Lipinski definition) is 1. The van der Waals surface area contributed by atoms with Gasteiger partial charge in [0.25, 0.3) is 0 Å². The summed E-state index contributed by atoms with van der Waals surface area (Å²) in [6.07, 6.45) is -0.474. The second-order valence-electron chi connectivity index (χ2n) is 10.4. The van der Waals surface area contributed by atoms with E-state index in [1.54, 1.807) is 0 Å². The summed E-state index contributed by atoms with van der Waals surface area (Å²) in [7, 11) is 0. The van der Waals surface area contributed by atoms with Gasteiger partial charge in [-0.15, -0.1) is 23.2 Å². The highest BCUT2D eigenvalue weighted by molar-refractivity contribution is 6.54. The molecule has 5 rings (SSSR count). The molecule has 3 aromatic rings. The normalized spacial score (nSPS) is 20.6. The van der Waals surface area contributed by atoms with Gasteiger partial charge in [-0.05, 0) is 60.4 Å². The summed E-state index contributed by atoms with van der Waals surface area (Å²) in [5, 5.41) is 3.25. The predicted octanol–water partition coefficient (Wildman–Crippen LogP) is 8.82. The largest absolute Gasteiger partial charge is 0.370 e. The van der Waals surface area contributed by atoms with Gasteiger partial charge in [-0.2, -0.15) is 0 Å². The highest BCUT2D eigenvalue weighted by atomic mass is 35.5. The lowest BCUT2D eigenvalue weighted by Gasteiger charge is -2.13. The van der Waals surface area contributed by atoms with Crippen molar-refractivity contribution in [3.8, 4) is 0 Å². The molecule has 0 radical (unpaired) electrons. The third-order valence-corrected chi connectivity index (χ3v) is 9.96. The van der Waals surface area contributed by atoms with Crippen LogP contribution < -0.4 is 5.32 Å². The van der Waals surface area contributed by atoms with Crippen molar-refractivity contribution in [3.05, 3.63) is 96.4 Å². The van der Waals surface area contributed by atoms with Crippen LogP contribution in [0.1, 0.15) is 45.8 Å². The first-order valence-electron chi connectivity index (χ1n) is 13.1. The van der Waals surface area contributed by atoms with Gasteiger partial charge >= 0.3 is 0 Å². The average molecular weight is 710 g/mol. The number of halogens is 8. The lowest BCUT2D eigenvalue weighted by Crippen LogP contribution is -2.23. The summed E-state index contributed by atoms with van der Waals surface area (Å²) in [5.74, 6) is -4.96. The fraction of sp³-hybridized carbons (Fsp3) is 0.300. The molecule has 1 aliphatic heterocycles. The number of carbonyl (C=O) groups excluding carboxylic acids is 3. The summed E-state index contributed by atoms with van der Waals surface area (Å²) in [6, 6.07) is 9.43. The van der Waals surface area contributed by atoms with Crippen molar-refractivity contribution >= 4 is 92.8 Å². The van der Waals surface area contributed by atoms with E-state index >= 15 is 4.39 Å². The first kappa shape index (κ1) is 32.4. The van der Waals surface area contributed by atoms with E-state index in [2.05, 4.69) is 5.32 Å². The zero-order chi connectivity index (χ0) is 31.2. The van der Waals surface area contributed by atoms with E-state index in [0.717, 1.165) is 12.1 Å². The number of carbonyl (C=O) groups is 3. The van der Waals surface area contributed by atoms with Crippen LogP contribution in [0.25, 0.3) is 0 Å². The molecule has 1 N–H and O–H groups in total. The molecular formula is C30H21Cl6F2NO4. The number of Topliss-reactive ketones (excluding diaryl/α,β-unsaturated/α-hetero) is 2. The number of rotatable bonds is 9. The topological polar surface area (TPSA) is 72.5 Å². The SMILES string of the molecule is O=C(Cc1ccc(F)c(CC(=O)C2CCCO2)c1F)c1cc(NC(=O)[C@H]2[C@H](c3cc(Cl)c(Cl)c(Cl)c3)C2(Cl)Cl)ccc1Cl. The molecule has 3 aromatic carbocycles. The Bertz CT molecular complexity index is 1620. The lowest BCUT2D eigenvalue weighted by atomic mass is 9.96. The van der Waals surface area contributed by atoms with Gasteiger partial charge in [-0.25, -0.2) is 8.78 Å². The van der Waals surface area contributed by atoms with Crippen molar-refractivity contribution in [2.45, 2.75) is 42.0 Å². The molecule has 1 aliphatic carbocycles. The standard InChI is InChI=1S/C30H21Cl6F2NO4/c31-18-5-4-15(39-29(42)26-25(30(26,35)36)14-8-19(32)27(34)20(33)9-14)11-16(18)22(40)10-13-3-6-21(37)17(28(13)38)12-23(41)24-2-1-7-43-24/h3-6,8-9,11,24-26H,1-2,7,10,12H2,(H,39,42)/t24?,25-,26+/m0/s1. The molecule has 1 saturated heterocycles. The van der Waals surface area contributed by atoms with E-state index < -0.39 is 69.8 Å². The van der Waals surface area contributed by atoms with Gasteiger partial charge < -0.3 is 10.1 Å². The van der Waals surface area contributed by atoms with Gasteiger partial charge in [0.05, 0.1) is 26.0 Å². The third-order valence-electron chi connectivity index (χ3n) is 7.49. The minimum absolute atomic E-state index is 0.00760. The molecule has 0 spiro atoms. The Morgan fingerprint density at radius 3 is 2.28 bits per heavy atom. The van der Waals surface area contributed by atoms with E-state index in [1.165, 1.54) is 30.3 Å². The zero-order valence-electron chi connectivity index (χ0n) is 22.0. The minimum Gasteiger partial charge on any atom is -0.370 e. The monoisotopic (exact) mass is 707 g/mol. The van der Waals surface area contributed by atoms with Crippen LogP contribution in [-0.2, 0) is 27.2 Å². The fourth-order valence-corrected chi connectivity index (χ4v) is 6.86. The fourth-order valence-electron chi connectivity index (χ4n) is 5.19. The van der Waals surface area contributed by atoms with Gasteiger partial charge in [-0.1, -0.05) is 52.5 Å². The average Bonchev–Trinajstić information content (AvgIpc) is 3.25. The second-order valence-corrected chi connectivity index (χ2v) is 13.4. The van der Waals surface area contributed by atoms with E-state index in [-0.39, 0.29) is 36.9 Å². The van der Waals surface area contributed by atoms with Crippen molar-refractivity contribution < 1.29 is 27.9 Å². The van der Waals surface area contributed by atoms with Crippen LogP contribution in [0.15, 0.2) is 42.5 Å². The molecule has 226 valence electrons. The van der Waals surface area contributed by atoms with Crippen molar-refractivity contribution in [2.75, 3.05) is 11.9 Å². The van der Waals surface area contributed by atoms with Gasteiger partial charge in [0, 0.05) is 42.2 Å². The van der Waals surface area contributed by atoms with Crippen molar-refractivity contribution in [1.29, 1.82) is 0 Å². The summed E-state index contributed by atoms with van der Waals surface area (Å²) in [4.78, 5) is 38.8. The van der Waals surface area contributed by atoms with Crippen LogP contribution in [0.3, 0.4) is 0 Å². The Kier molecular flexibility index (Phi) is 9.65. The van der Waals surface area contributed by atoms with Crippen LogP contribution in [0.5, 0.6) is 0 Å². The summed E-state index contributed by atoms with van der Waals surface area (Å²) in [6.45, 7) is 0.419. The zero-order valence-corrected chi connectivity index (χ0v) is 26.5. The Hall–Kier alpha value is -1.97.